The van der Waals surface area contributed by atoms with Gasteiger partial charge in [0, 0.05) is 29.8 Å². The maximum absolute atomic E-state index is 13.1. The molecule has 0 radical (unpaired) electrons. The van der Waals surface area contributed by atoms with Crippen LogP contribution in [0.1, 0.15) is 41.6 Å². The van der Waals surface area contributed by atoms with Crippen molar-refractivity contribution in [2.24, 2.45) is 4.99 Å². The van der Waals surface area contributed by atoms with Gasteiger partial charge in [0.2, 0.25) is 0 Å². The van der Waals surface area contributed by atoms with Crippen LogP contribution in [0.4, 0.5) is 5.69 Å². The molecule has 1 amide bonds. The summed E-state index contributed by atoms with van der Waals surface area (Å²) >= 11 is 0. The topological polar surface area (TPSA) is 111 Å². The fourth-order valence-electron chi connectivity index (χ4n) is 3.84. The second-order valence-electron chi connectivity index (χ2n) is 7.93. The van der Waals surface area contributed by atoms with Crippen LogP contribution >= 0.6 is 0 Å². The summed E-state index contributed by atoms with van der Waals surface area (Å²) in [6.45, 7) is 0.613. The Kier molecular flexibility index (Phi) is 7.04. The molecule has 0 saturated heterocycles. The van der Waals surface area contributed by atoms with Gasteiger partial charge in [0.15, 0.2) is 0 Å². The van der Waals surface area contributed by atoms with Gasteiger partial charge < -0.3 is 5.32 Å². The molecular formula is C26H24N4O3S. The van der Waals surface area contributed by atoms with E-state index < -0.39 is 15.9 Å². The molecule has 172 valence electrons. The van der Waals surface area contributed by atoms with Crippen LogP contribution in [0.15, 0.2) is 82.7 Å². The normalized spacial score (nSPS) is 13.8. The molecular weight excluding hydrogens is 448 g/mol. The van der Waals surface area contributed by atoms with E-state index in [1.165, 1.54) is 12.1 Å². The minimum atomic E-state index is -3.83. The third-order valence-corrected chi connectivity index (χ3v) is 6.92. The molecule has 0 fully saturated rings. The van der Waals surface area contributed by atoms with Crippen LogP contribution in [0.2, 0.25) is 0 Å². The molecule has 0 bridgehead atoms. The first-order valence-corrected chi connectivity index (χ1v) is 12.5. The van der Waals surface area contributed by atoms with Gasteiger partial charge in [-0.3, -0.25) is 14.5 Å². The van der Waals surface area contributed by atoms with Crippen molar-refractivity contribution in [1.82, 2.24) is 4.72 Å². The van der Waals surface area contributed by atoms with E-state index in [4.69, 9.17) is 0 Å². The molecule has 2 N–H and O–H groups in total. The van der Waals surface area contributed by atoms with Crippen LogP contribution in [0.25, 0.3) is 11.1 Å². The van der Waals surface area contributed by atoms with Crippen LogP contribution in [-0.2, 0) is 10.0 Å². The Balaban J connectivity index is 1.58. The number of amidine groups is 1. The second kappa shape index (κ2) is 10.3. The Labute approximate surface area is 199 Å². The van der Waals surface area contributed by atoms with Crippen molar-refractivity contribution < 1.29 is 13.2 Å². The zero-order chi connectivity index (χ0) is 24.0. The maximum atomic E-state index is 13.1. The number of carbonyl (C=O) groups excluding carboxylic acids is 1. The summed E-state index contributed by atoms with van der Waals surface area (Å²) in [5, 5.41) is 12.3. The van der Waals surface area contributed by atoms with Crippen molar-refractivity contribution in [3.8, 4) is 17.2 Å². The zero-order valence-electron chi connectivity index (χ0n) is 18.5. The summed E-state index contributed by atoms with van der Waals surface area (Å²) in [6, 6.07) is 22.3. The summed E-state index contributed by atoms with van der Waals surface area (Å²) in [5.41, 5.74) is 2.46. The highest BCUT2D eigenvalue weighted by atomic mass is 32.2. The number of nitrogens with one attached hydrogen (secondary N) is 2. The largest absolute Gasteiger partial charge is 0.322 e. The van der Waals surface area contributed by atoms with Gasteiger partial charge in [-0.2, -0.15) is 5.26 Å². The van der Waals surface area contributed by atoms with Crippen LogP contribution in [0.5, 0.6) is 0 Å². The quantitative estimate of drug-likeness (QED) is 0.559. The lowest BCUT2D eigenvalue weighted by Crippen LogP contribution is -2.30. The van der Waals surface area contributed by atoms with Crippen molar-refractivity contribution in [3.05, 3.63) is 83.9 Å². The van der Waals surface area contributed by atoms with Crippen LogP contribution in [0.3, 0.4) is 0 Å². The average molecular weight is 473 g/mol. The van der Waals surface area contributed by atoms with E-state index >= 15 is 0 Å². The zero-order valence-corrected chi connectivity index (χ0v) is 19.3. The number of carbonyl (C=O) groups is 1. The number of hydrogen-bond donors (Lipinski definition) is 2. The fraction of sp³-hybridized carbons (Fsp3) is 0.192. The molecule has 3 aromatic rings. The number of aliphatic imine (C=N–C) groups is 1. The van der Waals surface area contributed by atoms with E-state index in [2.05, 4.69) is 21.1 Å². The highest BCUT2D eigenvalue weighted by Crippen LogP contribution is 2.28. The molecule has 1 aliphatic heterocycles. The van der Waals surface area contributed by atoms with Crippen LogP contribution in [0, 0.1) is 11.3 Å². The van der Waals surface area contributed by atoms with Crippen LogP contribution in [-0.4, -0.2) is 26.7 Å². The van der Waals surface area contributed by atoms with Gasteiger partial charge in [-0.1, -0.05) is 48.9 Å². The summed E-state index contributed by atoms with van der Waals surface area (Å²) in [6.07, 6.45) is 3.46. The van der Waals surface area contributed by atoms with Crippen molar-refractivity contribution in [1.29, 1.82) is 5.26 Å². The molecule has 0 aliphatic carbocycles. The Morgan fingerprint density at radius 1 is 0.912 bits per heavy atom. The number of nitrogens with zero attached hydrogens (tertiary/aromatic N) is 2. The van der Waals surface area contributed by atoms with E-state index in [0.717, 1.165) is 19.3 Å². The number of anilines is 1. The number of benzene rings is 3. The molecule has 34 heavy (non-hydrogen) atoms. The van der Waals surface area contributed by atoms with E-state index in [1.807, 2.05) is 6.07 Å². The van der Waals surface area contributed by atoms with Crippen molar-refractivity contribution in [3.63, 3.8) is 0 Å². The minimum absolute atomic E-state index is 0.0420. The summed E-state index contributed by atoms with van der Waals surface area (Å²) in [4.78, 5) is 17.5. The van der Waals surface area contributed by atoms with Gasteiger partial charge in [0.05, 0.1) is 16.5 Å². The molecule has 0 aromatic heterocycles. The fourth-order valence-corrected chi connectivity index (χ4v) is 4.98. The molecule has 0 saturated carbocycles. The number of rotatable bonds is 5. The molecule has 1 aliphatic rings. The summed E-state index contributed by atoms with van der Waals surface area (Å²) < 4.78 is 28.4. The van der Waals surface area contributed by atoms with Gasteiger partial charge >= 0.3 is 0 Å². The molecule has 0 spiro atoms. The maximum Gasteiger partial charge on any atom is 0.262 e. The van der Waals surface area contributed by atoms with E-state index in [0.29, 0.717) is 46.7 Å². The van der Waals surface area contributed by atoms with E-state index in [9.17, 15) is 18.5 Å². The van der Waals surface area contributed by atoms with E-state index in [-0.39, 0.29) is 4.90 Å². The Morgan fingerprint density at radius 2 is 1.68 bits per heavy atom. The Morgan fingerprint density at radius 3 is 2.50 bits per heavy atom. The highest BCUT2D eigenvalue weighted by Gasteiger charge is 2.19. The second-order valence-corrected chi connectivity index (χ2v) is 9.61. The lowest BCUT2D eigenvalue weighted by Gasteiger charge is -2.13. The van der Waals surface area contributed by atoms with Gasteiger partial charge in [0.1, 0.15) is 5.84 Å². The molecule has 0 atom stereocenters. The average Bonchev–Trinajstić information content (AvgIpc) is 3.12. The molecule has 8 heteroatoms. The molecule has 3 aromatic carbocycles. The third-order valence-electron chi connectivity index (χ3n) is 5.54. The summed E-state index contributed by atoms with van der Waals surface area (Å²) in [5.74, 6) is 0.0658. The highest BCUT2D eigenvalue weighted by molar-refractivity contribution is 7.90. The molecule has 4 rings (SSSR count). The molecule has 7 nitrogen and oxygen atoms in total. The standard InChI is InChI=1S/C26H24N4O3S/c27-18-19-9-3-4-12-22(19)23-13-5-6-14-24(23)26(31)29-20-10-8-11-21(17-20)34(32,33)30-25-15-2-1-7-16-28-25/h3-6,8-14,17H,1-2,7,15-16H2,(H,28,30)(H,29,31). The molecule has 1 heterocycles. The lowest BCUT2D eigenvalue weighted by molar-refractivity contribution is 0.102. The first-order valence-electron chi connectivity index (χ1n) is 11.0. The van der Waals surface area contributed by atoms with Gasteiger partial charge in [-0.15, -0.1) is 0 Å². The smallest absolute Gasteiger partial charge is 0.262 e. The first-order chi connectivity index (χ1) is 16.5. The predicted octanol–water partition coefficient (Wildman–Crippen LogP) is 4.73. The molecule has 0 unspecified atom stereocenters. The Hall–Kier alpha value is -3.96. The monoisotopic (exact) mass is 472 g/mol. The Bertz CT molecular complexity index is 1390. The van der Waals surface area contributed by atoms with Gasteiger partial charge in [-0.05, 0) is 48.7 Å². The van der Waals surface area contributed by atoms with Gasteiger partial charge in [-0.25, -0.2) is 8.42 Å². The first kappa shape index (κ1) is 23.2. The number of hydrogen-bond acceptors (Lipinski definition) is 5. The van der Waals surface area contributed by atoms with Crippen LogP contribution < -0.4 is 10.0 Å². The number of sulfonamides is 1. The van der Waals surface area contributed by atoms with Crippen molar-refractivity contribution in [2.45, 2.75) is 30.6 Å². The number of nitriles is 1. The van der Waals surface area contributed by atoms with Crippen molar-refractivity contribution in [2.75, 3.05) is 11.9 Å². The minimum Gasteiger partial charge on any atom is -0.322 e. The van der Waals surface area contributed by atoms with E-state index in [1.54, 1.807) is 54.6 Å². The lowest BCUT2D eigenvalue weighted by atomic mass is 9.95. The third kappa shape index (κ3) is 5.33. The number of amides is 1. The SMILES string of the molecule is N#Cc1ccccc1-c1ccccc1C(=O)Nc1cccc(S(=O)(=O)NC2=NCCCCC2)c1. The van der Waals surface area contributed by atoms with Crippen molar-refractivity contribution >= 4 is 27.5 Å². The van der Waals surface area contributed by atoms with Gasteiger partial charge in [0.25, 0.3) is 15.9 Å². The predicted molar refractivity (Wildman–Crippen MR) is 132 cm³/mol. The summed E-state index contributed by atoms with van der Waals surface area (Å²) in [7, 11) is -3.83.